The molecule has 0 atom stereocenters. The van der Waals surface area contributed by atoms with Crippen LogP contribution in [-0.2, 0) is 17.9 Å². The van der Waals surface area contributed by atoms with Crippen molar-refractivity contribution < 1.29 is 4.79 Å². The number of piperazine rings is 1. The molecule has 0 radical (unpaired) electrons. The summed E-state index contributed by atoms with van der Waals surface area (Å²) in [5.41, 5.74) is 1.94. The smallest absolute Gasteiger partial charge is 0.267 e. The van der Waals surface area contributed by atoms with Crippen molar-refractivity contribution in [1.29, 1.82) is 0 Å². The second-order valence-corrected chi connectivity index (χ2v) is 7.26. The second kappa shape index (κ2) is 9.26. The maximum absolute atomic E-state index is 12.3. The molecule has 1 saturated heterocycles. The Balaban J connectivity index is 1.36. The van der Waals surface area contributed by atoms with Crippen LogP contribution in [0.15, 0.2) is 77.6 Å². The number of nitrogens with one attached hydrogen (secondary N) is 1. The van der Waals surface area contributed by atoms with Crippen LogP contribution in [0.5, 0.6) is 0 Å². The van der Waals surface area contributed by atoms with E-state index < -0.39 is 0 Å². The lowest BCUT2D eigenvalue weighted by atomic mass is 10.2. The van der Waals surface area contributed by atoms with Crippen LogP contribution in [0.25, 0.3) is 0 Å². The lowest BCUT2D eigenvalue weighted by Crippen LogP contribution is -2.47. The van der Waals surface area contributed by atoms with Crippen molar-refractivity contribution in [3.8, 4) is 0 Å². The Hall–Kier alpha value is -3.61. The Morgan fingerprint density at radius 2 is 1.47 bits per heavy atom. The fourth-order valence-corrected chi connectivity index (χ4v) is 3.54. The van der Waals surface area contributed by atoms with Gasteiger partial charge in [-0.2, -0.15) is 5.10 Å². The van der Waals surface area contributed by atoms with E-state index in [2.05, 4.69) is 32.3 Å². The first kappa shape index (κ1) is 19.7. The van der Waals surface area contributed by atoms with Gasteiger partial charge < -0.3 is 15.1 Å². The van der Waals surface area contributed by atoms with E-state index in [0.717, 1.165) is 37.6 Å². The Bertz CT molecular complexity index is 1030. The highest BCUT2D eigenvalue weighted by Crippen LogP contribution is 2.18. The molecule has 1 aliphatic rings. The first-order valence-corrected chi connectivity index (χ1v) is 10.1. The molecule has 154 valence electrons. The molecule has 1 fully saturated rings. The predicted molar refractivity (Wildman–Crippen MR) is 118 cm³/mol. The molecule has 0 saturated carbocycles. The molecule has 0 unspecified atom stereocenters. The van der Waals surface area contributed by atoms with Gasteiger partial charge in [0.25, 0.3) is 5.56 Å². The molecule has 1 amide bonds. The van der Waals surface area contributed by atoms with E-state index in [1.54, 1.807) is 6.07 Å². The molecule has 2 heterocycles. The Kier molecular flexibility index (Phi) is 6.08. The van der Waals surface area contributed by atoms with Crippen LogP contribution < -0.4 is 20.7 Å². The maximum Gasteiger partial charge on any atom is 0.267 e. The molecule has 2 aromatic carbocycles. The van der Waals surface area contributed by atoms with E-state index in [0.29, 0.717) is 6.54 Å². The third-order valence-corrected chi connectivity index (χ3v) is 5.20. The van der Waals surface area contributed by atoms with Gasteiger partial charge in [-0.15, -0.1) is 0 Å². The topological polar surface area (TPSA) is 70.5 Å². The van der Waals surface area contributed by atoms with Gasteiger partial charge in [0.1, 0.15) is 12.4 Å². The zero-order chi connectivity index (χ0) is 20.8. The first-order valence-electron chi connectivity index (χ1n) is 10.1. The molecule has 1 aromatic heterocycles. The van der Waals surface area contributed by atoms with Crippen LogP contribution in [0, 0.1) is 0 Å². The zero-order valence-corrected chi connectivity index (χ0v) is 16.8. The van der Waals surface area contributed by atoms with Gasteiger partial charge in [0.2, 0.25) is 5.91 Å². The van der Waals surface area contributed by atoms with Gasteiger partial charge in [0, 0.05) is 44.5 Å². The summed E-state index contributed by atoms with van der Waals surface area (Å²) in [6.07, 6.45) is 0. The molecule has 0 spiro atoms. The number of benzene rings is 2. The van der Waals surface area contributed by atoms with Crippen molar-refractivity contribution in [2.75, 3.05) is 36.0 Å². The van der Waals surface area contributed by atoms with E-state index in [-0.39, 0.29) is 18.0 Å². The molecular formula is C23H25N5O2. The summed E-state index contributed by atoms with van der Waals surface area (Å²) in [6.45, 7) is 3.70. The fraction of sp³-hybridized carbons (Fsp3) is 0.261. The summed E-state index contributed by atoms with van der Waals surface area (Å²) in [5.74, 6) is 0.484. The van der Waals surface area contributed by atoms with Crippen LogP contribution in [0.4, 0.5) is 11.5 Å². The molecule has 1 N–H and O–H groups in total. The Labute approximate surface area is 175 Å². The average Bonchev–Trinajstić information content (AvgIpc) is 2.80. The van der Waals surface area contributed by atoms with Crippen molar-refractivity contribution in [3.63, 3.8) is 0 Å². The van der Waals surface area contributed by atoms with E-state index in [4.69, 9.17) is 0 Å². The van der Waals surface area contributed by atoms with Crippen LogP contribution in [0.2, 0.25) is 0 Å². The molecular weight excluding hydrogens is 378 g/mol. The number of hydrogen-bond acceptors (Lipinski definition) is 5. The summed E-state index contributed by atoms with van der Waals surface area (Å²) >= 11 is 0. The minimum atomic E-state index is -0.281. The number of nitrogens with zero attached hydrogens (tertiary/aromatic N) is 4. The molecule has 1 aliphatic heterocycles. The van der Waals surface area contributed by atoms with Gasteiger partial charge in [-0.05, 0) is 23.8 Å². The summed E-state index contributed by atoms with van der Waals surface area (Å²) in [6, 6.07) is 23.2. The van der Waals surface area contributed by atoms with E-state index >= 15 is 0 Å². The molecule has 3 aromatic rings. The van der Waals surface area contributed by atoms with Gasteiger partial charge in [-0.3, -0.25) is 9.59 Å². The van der Waals surface area contributed by atoms with Crippen molar-refractivity contribution in [2.24, 2.45) is 0 Å². The third-order valence-electron chi connectivity index (χ3n) is 5.20. The highest BCUT2D eigenvalue weighted by molar-refractivity contribution is 5.75. The number of rotatable bonds is 6. The molecule has 7 heteroatoms. The summed E-state index contributed by atoms with van der Waals surface area (Å²) in [5, 5.41) is 7.28. The average molecular weight is 403 g/mol. The van der Waals surface area contributed by atoms with E-state index in [1.807, 2.05) is 48.5 Å². The Morgan fingerprint density at radius 1 is 0.833 bits per heavy atom. The van der Waals surface area contributed by atoms with Gasteiger partial charge in [-0.25, -0.2) is 4.68 Å². The monoisotopic (exact) mass is 403 g/mol. The summed E-state index contributed by atoms with van der Waals surface area (Å²) in [7, 11) is 0. The third kappa shape index (κ3) is 4.86. The highest BCUT2D eigenvalue weighted by atomic mass is 16.2. The van der Waals surface area contributed by atoms with Gasteiger partial charge >= 0.3 is 0 Å². The standard InChI is InChI=1S/C23H25N5O2/c29-22(24-17-19-7-3-1-4-8-19)18-28-23(30)12-11-21(25-28)27-15-13-26(14-16-27)20-9-5-2-6-10-20/h1-12H,13-18H2,(H,24,29). The molecule has 0 bridgehead atoms. The van der Waals surface area contributed by atoms with Crippen molar-refractivity contribution >= 4 is 17.4 Å². The Morgan fingerprint density at radius 3 is 2.17 bits per heavy atom. The molecule has 4 rings (SSSR count). The first-order chi connectivity index (χ1) is 14.7. The number of para-hydroxylation sites is 1. The largest absolute Gasteiger partial charge is 0.368 e. The van der Waals surface area contributed by atoms with E-state index in [1.165, 1.54) is 16.4 Å². The van der Waals surface area contributed by atoms with Crippen LogP contribution in [0.1, 0.15) is 5.56 Å². The molecule has 0 aliphatic carbocycles. The predicted octanol–water partition coefficient (Wildman–Crippen LogP) is 1.89. The number of carbonyl (C=O) groups excluding carboxylic acids is 1. The van der Waals surface area contributed by atoms with Gasteiger partial charge in [0.05, 0.1) is 0 Å². The molecule has 30 heavy (non-hydrogen) atoms. The minimum Gasteiger partial charge on any atom is -0.368 e. The van der Waals surface area contributed by atoms with Gasteiger partial charge in [0.15, 0.2) is 0 Å². The van der Waals surface area contributed by atoms with E-state index in [9.17, 15) is 9.59 Å². The quantitative estimate of drug-likeness (QED) is 0.681. The summed E-state index contributed by atoms with van der Waals surface area (Å²) in [4.78, 5) is 29.0. The van der Waals surface area contributed by atoms with Crippen molar-refractivity contribution in [3.05, 3.63) is 88.7 Å². The number of anilines is 2. The highest BCUT2D eigenvalue weighted by Gasteiger charge is 2.19. The molecule has 7 nitrogen and oxygen atoms in total. The van der Waals surface area contributed by atoms with Crippen molar-refractivity contribution in [1.82, 2.24) is 15.1 Å². The zero-order valence-electron chi connectivity index (χ0n) is 16.8. The SMILES string of the molecule is O=C(Cn1nc(N2CCN(c3ccccc3)CC2)ccc1=O)NCc1ccccc1. The number of carbonyl (C=O) groups is 1. The van der Waals surface area contributed by atoms with Gasteiger partial charge in [-0.1, -0.05) is 48.5 Å². The van der Waals surface area contributed by atoms with Crippen LogP contribution in [-0.4, -0.2) is 41.9 Å². The summed E-state index contributed by atoms with van der Waals surface area (Å²) < 4.78 is 1.24. The fourth-order valence-electron chi connectivity index (χ4n) is 3.54. The number of aromatic nitrogens is 2. The lowest BCUT2D eigenvalue weighted by molar-refractivity contribution is -0.122. The number of amides is 1. The maximum atomic E-state index is 12.3. The second-order valence-electron chi connectivity index (χ2n) is 7.26. The van der Waals surface area contributed by atoms with Crippen molar-refractivity contribution in [2.45, 2.75) is 13.1 Å². The van der Waals surface area contributed by atoms with Crippen LogP contribution >= 0.6 is 0 Å². The van der Waals surface area contributed by atoms with Crippen LogP contribution in [0.3, 0.4) is 0 Å². The normalized spacial score (nSPS) is 13.9. The minimum absolute atomic E-state index is 0.0938. The number of hydrogen-bond donors (Lipinski definition) is 1. The lowest BCUT2D eigenvalue weighted by Gasteiger charge is -2.36.